The summed E-state index contributed by atoms with van der Waals surface area (Å²) in [5.41, 5.74) is 0.631. The minimum absolute atomic E-state index is 0.359. The number of benzene rings is 3. The van der Waals surface area contributed by atoms with Crippen LogP contribution >= 0.6 is 11.6 Å². The molecule has 4 aromatic rings. The first kappa shape index (κ1) is 22.3. The van der Waals surface area contributed by atoms with Crippen molar-refractivity contribution in [1.29, 1.82) is 0 Å². The van der Waals surface area contributed by atoms with Crippen molar-refractivity contribution in [3.63, 3.8) is 0 Å². The fourth-order valence-electron chi connectivity index (χ4n) is 4.13. The molecule has 9 nitrogen and oxygen atoms in total. The minimum Gasteiger partial charge on any atom is -0.323 e. The van der Waals surface area contributed by atoms with Crippen LogP contribution in [0.15, 0.2) is 91.5 Å². The molecule has 35 heavy (non-hydrogen) atoms. The number of imide groups is 1. The van der Waals surface area contributed by atoms with Crippen molar-refractivity contribution in [3.05, 3.63) is 108 Å². The van der Waals surface area contributed by atoms with Crippen LogP contribution in [0.5, 0.6) is 0 Å². The second-order valence-electron chi connectivity index (χ2n) is 7.85. The molecule has 1 aliphatic heterocycles. The summed E-state index contributed by atoms with van der Waals surface area (Å²) in [5, 5.41) is 10.0. The zero-order chi connectivity index (χ0) is 24.4. The average Bonchev–Trinajstić information content (AvgIpc) is 3.49. The molecule has 0 spiro atoms. The number of anilines is 1. The average molecular weight is 487 g/mol. The van der Waals surface area contributed by atoms with E-state index in [0.29, 0.717) is 27.5 Å². The van der Waals surface area contributed by atoms with Gasteiger partial charge in [-0.3, -0.25) is 14.5 Å². The van der Waals surface area contributed by atoms with Crippen LogP contribution in [0.2, 0.25) is 5.02 Å². The highest BCUT2D eigenvalue weighted by atomic mass is 35.5. The van der Waals surface area contributed by atoms with E-state index >= 15 is 0 Å². The number of carbonyl (C=O) groups excluding carboxylic acids is 3. The van der Waals surface area contributed by atoms with Gasteiger partial charge < -0.3 is 10.6 Å². The molecule has 0 atom stereocenters. The van der Waals surface area contributed by atoms with Gasteiger partial charge in [0.25, 0.3) is 5.91 Å². The third-order valence-electron chi connectivity index (χ3n) is 5.72. The Morgan fingerprint density at radius 3 is 2.23 bits per heavy atom. The summed E-state index contributed by atoms with van der Waals surface area (Å²) in [6.07, 6.45) is 2.84. The summed E-state index contributed by atoms with van der Waals surface area (Å²) in [6, 6.07) is 22.1. The largest absolute Gasteiger partial charge is 0.326 e. The molecular formula is C25H19ClN6O3. The van der Waals surface area contributed by atoms with Crippen molar-refractivity contribution in [2.45, 2.75) is 5.54 Å². The number of urea groups is 1. The number of nitrogens with zero attached hydrogens (tertiary/aromatic N) is 4. The van der Waals surface area contributed by atoms with Gasteiger partial charge in [-0.05, 0) is 29.3 Å². The SMILES string of the molecule is O=C(CN1C(=O)NC(c2ccccc2)(c2ccccc2)C1=O)Nc1cc(Cl)ccc1-n1cncn1. The summed E-state index contributed by atoms with van der Waals surface area (Å²) in [7, 11) is 0. The predicted octanol–water partition coefficient (Wildman–Crippen LogP) is 3.35. The van der Waals surface area contributed by atoms with Crippen molar-refractivity contribution in [2.75, 3.05) is 11.9 Å². The number of halogens is 1. The molecule has 2 N–H and O–H groups in total. The van der Waals surface area contributed by atoms with Crippen molar-refractivity contribution >= 4 is 35.1 Å². The van der Waals surface area contributed by atoms with E-state index in [0.717, 1.165) is 4.90 Å². The highest BCUT2D eigenvalue weighted by molar-refractivity contribution is 6.31. The van der Waals surface area contributed by atoms with Crippen LogP contribution in [-0.4, -0.2) is 44.1 Å². The van der Waals surface area contributed by atoms with Gasteiger partial charge in [0.1, 0.15) is 19.2 Å². The van der Waals surface area contributed by atoms with Crippen LogP contribution in [-0.2, 0) is 15.1 Å². The molecule has 0 saturated carbocycles. The Bertz CT molecular complexity index is 1350. The molecule has 0 unspecified atom stereocenters. The third-order valence-corrected chi connectivity index (χ3v) is 5.95. The van der Waals surface area contributed by atoms with E-state index in [1.165, 1.54) is 17.3 Å². The molecule has 1 fully saturated rings. The van der Waals surface area contributed by atoms with E-state index in [1.54, 1.807) is 66.7 Å². The van der Waals surface area contributed by atoms with Gasteiger partial charge in [-0.2, -0.15) is 5.10 Å². The lowest BCUT2D eigenvalue weighted by Gasteiger charge is -2.28. The fraction of sp³-hybridized carbons (Fsp3) is 0.0800. The number of amides is 4. The van der Waals surface area contributed by atoms with Crippen molar-refractivity contribution in [1.82, 2.24) is 25.0 Å². The lowest BCUT2D eigenvalue weighted by molar-refractivity contribution is -0.133. The molecule has 10 heteroatoms. The minimum atomic E-state index is -1.44. The van der Waals surface area contributed by atoms with Crippen molar-refractivity contribution < 1.29 is 14.4 Å². The first-order valence-corrected chi connectivity index (χ1v) is 11.1. The maximum absolute atomic E-state index is 13.8. The summed E-state index contributed by atoms with van der Waals surface area (Å²) >= 11 is 6.13. The van der Waals surface area contributed by atoms with E-state index < -0.39 is 29.9 Å². The second-order valence-corrected chi connectivity index (χ2v) is 8.29. The molecular weight excluding hydrogens is 468 g/mol. The number of nitrogens with one attached hydrogen (secondary N) is 2. The smallest absolute Gasteiger partial charge is 0.323 e. The van der Waals surface area contributed by atoms with E-state index in [2.05, 4.69) is 20.7 Å². The number of hydrogen-bond donors (Lipinski definition) is 2. The van der Waals surface area contributed by atoms with Crippen LogP contribution in [0.1, 0.15) is 11.1 Å². The Morgan fingerprint density at radius 2 is 1.63 bits per heavy atom. The van der Waals surface area contributed by atoms with E-state index in [4.69, 9.17) is 11.6 Å². The number of carbonyl (C=O) groups is 3. The molecule has 0 aliphatic carbocycles. The summed E-state index contributed by atoms with van der Waals surface area (Å²) in [5.74, 6) is -1.12. The quantitative estimate of drug-likeness (QED) is 0.406. The van der Waals surface area contributed by atoms with Crippen LogP contribution in [0.25, 0.3) is 5.69 Å². The Kier molecular flexibility index (Phi) is 5.76. The van der Waals surface area contributed by atoms with Crippen molar-refractivity contribution in [3.8, 4) is 5.69 Å². The molecule has 5 rings (SSSR count). The summed E-state index contributed by atoms with van der Waals surface area (Å²) in [6.45, 7) is -0.491. The van der Waals surface area contributed by atoms with E-state index in [9.17, 15) is 14.4 Å². The summed E-state index contributed by atoms with van der Waals surface area (Å²) < 4.78 is 1.47. The maximum Gasteiger partial charge on any atom is 0.326 e. The molecule has 3 aromatic carbocycles. The maximum atomic E-state index is 13.8. The van der Waals surface area contributed by atoms with E-state index in [1.807, 2.05) is 12.1 Å². The van der Waals surface area contributed by atoms with Gasteiger partial charge >= 0.3 is 6.03 Å². The normalized spacial score (nSPS) is 14.6. The molecule has 1 aliphatic rings. The number of hydrogen-bond acceptors (Lipinski definition) is 5. The fourth-order valence-corrected chi connectivity index (χ4v) is 4.30. The third kappa shape index (κ3) is 4.02. The summed E-state index contributed by atoms with van der Waals surface area (Å²) in [4.78, 5) is 44.6. The highest BCUT2D eigenvalue weighted by Gasteiger charge is 2.54. The standard InChI is InChI=1S/C25H19ClN6O3/c26-19-11-12-21(32-16-27-15-28-32)20(13-19)29-22(33)14-31-23(34)25(30-24(31)35,17-7-3-1-4-8-17)18-9-5-2-6-10-18/h1-13,15-16H,14H2,(H,29,33)(H,30,35). The zero-order valence-corrected chi connectivity index (χ0v) is 19.0. The molecule has 1 saturated heterocycles. The van der Waals surface area contributed by atoms with Gasteiger partial charge in [-0.1, -0.05) is 72.3 Å². The van der Waals surface area contributed by atoms with Gasteiger partial charge in [0.15, 0.2) is 5.54 Å². The Labute approximate surface area is 205 Å². The van der Waals surface area contributed by atoms with Crippen LogP contribution in [0.4, 0.5) is 10.5 Å². The molecule has 0 radical (unpaired) electrons. The Balaban J connectivity index is 1.44. The lowest BCUT2D eigenvalue weighted by atomic mass is 9.82. The molecule has 1 aromatic heterocycles. The van der Waals surface area contributed by atoms with Crippen LogP contribution in [0, 0.1) is 0 Å². The second kappa shape index (κ2) is 9.03. The van der Waals surface area contributed by atoms with Gasteiger partial charge in [0.2, 0.25) is 5.91 Å². The van der Waals surface area contributed by atoms with Gasteiger partial charge in [-0.15, -0.1) is 0 Å². The van der Waals surface area contributed by atoms with Gasteiger partial charge in [0.05, 0.1) is 11.4 Å². The first-order valence-electron chi connectivity index (χ1n) is 10.7. The number of rotatable bonds is 6. The Hall–Kier alpha value is -4.50. The van der Waals surface area contributed by atoms with Crippen molar-refractivity contribution in [2.24, 2.45) is 0 Å². The monoisotopic (exact) mass is 486 g/mol. The first-order chi connectivity index (χ1) is 17.0. The lowest BCUT2D eigenvalue weighted by Crippen LogP contribution is -2.45. The number of aromatic nitrogens is 3. The topological polar surface area (TPSA) is 109 Å². The van der Waals surface area contributed by atoms with Gasteiger partial charge in [0, 0.05) is 5.02 Å². The molecule has 174 valence electrons. The molecule has 0 bridgehead atoms. The van der Waals surface area contributed by atoms with Crippen LogP contribution < -0.4 is 10.6 Å². The molecule has 4 amide bonds. The zero-order valence-electron chi connectivity index (χ0n) is 18.3. The Morgan fingerprint density at radius 1 is 0.971 bits per heavy atom. The highest BCUT2D eigenvalue weighted by Crippen LogP contribution is 2.36. The predicted molar refractivity (Wildman–Crippen MR) is 129 cm³/mol. The molecule has 2 heterocycles. The van der Waals surface area contributed by atoms with Crippen LogP contribution in [0.3, 0.4) is 0 Å². The van der Waals surface area contributed by atoms with Gasteiger partial charge in [-0.25, -0.2) is 14.5 Å². The van der Waals surface area contributed by atoms with E-state index in [-0.39, 0.29) is 0 Å².